The predicted octanol–water partition coefficient (Wildman–Crippen LogP) is 4.50. The van der Waals surface area contributed by atoms with Crippen molar-refractivity contribution in [3.05, 3.63) is 23.0 Å². The molecule has 1 unspecified atom stereocenters. The lowest BCUT2D eigenvalue weighted by Crippen LogP contribution is -2.12. The van der Waals surface area contributed by atoms with Crippen LogP contribution in [0.15, 0.2) is 6.07 Å². The summed E-state index contributed by atoms with van der Waals surface area (Å²) in [6.45, 7) is 9.02. The molecule has 0 bridgehead atoms. The molecule has 3 heteroatoms. The third-order valence-corrected chi connectivity index (χ3v) is 3.63. The lowest BCUT2D eigenvalue weighted by Gasteiger charge is -2.09. The van der Waals surface area contributed by atoms with E-state index in [1.165, 1.54) is 25.7 Å². The first-order valence-corrected chi connectivity index (χ1v) is 7.27. The van der Waals surface area contributed by atoms with Crippen molar-refractivity contribution >= 4 is 17.4 Å². The monoisotopic (exact) mass is 269 g/mol. The van der Waals surface area contributed by atoms with Crippen LogP contribution in [0, 0.1) is 13.8 Å². The summed E-state index contributed by atoms with van der Waals surface area (Å²) >= 11 is 5.88. The van der Waals surface area contributed by atoms with Crippen LogP contribution >= 0.6 is 11.6 Å². The van der Waals surface area contributed by atoms with Gasteiger partial charge in [0.15, 0.2) is 5.78 Å². The van der Waals surface area contributed by atoms with Gasteiger partial charge in [0.05, 0.1) is 5.38 Å². The zero-order chi connectivity index (χ0) is 13.7. The molecule has 0 saturated carbocycles. The molecule has 0 radical (unpaired) electrons. The Morgan fingerprint density at radius 1 is 1.33 bits per heavy atom. The Hall–Kier alpha value is -0.760. The molecule has 2 nitrogen and oxygen atoms in total. The normalized spacial score (nSPS) is 12.7. The van der Waals surface area contributed by atoms with Gasteiger partial charge in [-0.05, 0) is 33.3 Å². The van der Waals surface area contributed by atoms with Crippen molar-refractivity contribution in [1.29, 1.82) is 0 Å². The summed E-state index contributed by atoms with van der Waals surface area (Å²) in [7, 11) is 0. The van der Waals surface area contributed by atoms with Crippen LogP contribution in [0.3, 0.4) is 0 Å². The van der Waals surface area contributed by atoms with Crippen molar-refractivity contribution < 1.29 is 4.79 Å². The van der Waals surface area contributed by atoms with Gasteiger partial charge in [-0.2, -0.15) is 0 Å². The zero-order valence-corrected chi connectivity index (χ0v) is 12.7. The topological polar surface area (TPSA) is 22.0 Å². The summed E-state index contributed by atoms with van der Waals surface area (Å²) in [6.07, 6.45) is 4.96. The fourth-order valence-corrected chi connectivity index (χ4v) is 2.42. The molecule has 0 aromatic carbocycles. The first kappa shape index (κ1) is 15.3. The Kier molecular flexibility index (Phi) is 5.94. The molecular weight excluding hydrogens is 246 g/mol. The van der Waals surface area contributed by atoms with Crippen molar-refractivity contribution in [3.8, 4) is 0 Å². The molecule has 1 rings (SSSR count). The lowest BCUT2D eigenvalue weighted by molar-refractivity contribution is 0.0991. The van der Waals surface area contributed by atoms with Gasteiger partial charge in [0, 0.05) is 23.5 Å². The van der Waals surface area contributed by atoms with Crippen LogP contribution in [0.5, 0.6) is 0 Å². The maximum absolute atomic E-state index is 12.0. The van der Waals surface area contributed by atoms with Crippen molar-refractivity contribution in [1.82, 2.24) is 4.57 Å². The first-order chi connectivity index (χ1) is 8.49. The summed E-state index contributed by atoms with van der Waals surface area (Å²) in [5.74, 6) is 0.0320. The maximum Gasteiger partial charge on any atom is 0.182 e. The van der Waals surface area contributed by atoms with Gasteiger partial charge in [0.25, 0.3) is 0 Å². The molecule has 0 fully saturated rings. The van der Waals surface area contributed by atoms with Crippen LogP contribution in [-0.4, -0.2) is 15.7 Å². The van der Waals surface area contributed by atoms with E-state index in [4.69, 9.17) is 11.6 Å². The van der Waals surface area contributed by atoms with Crippen molar-refractivity contribution in [2.45, 2.75) is 65.3 Å². The van der Waals surface area contributed by atoms with E-state index in [2.05, 4.69) is 18.4 Å². The zero-order valence-electron chi connectivity index (χ0n) is 11.9. The molecule has 0 saturated heterocycles. The standard InChI is InChI=1S/C15H24ClNO/c1-5-6-7-8-9-17-11(2)10-14(13(17)4)15(18)12(3)16/h10,12H,5-9H2,1-4H3. The predicted molar refractivity (Wildman–Crippen MR) is 77.7 cm³/mol. The number of carbonyl (C=O) groups is 1. The van der Waals surface area contributed by atoms with Gasteiger partial charge in [0.2, 0.25) is 0 Å². The molecular formula is C15H24ClNO. The molecule has 0 aliphatic carbocycles. The minimum Gasteiger partial charge on any atom is -0.348 e. The number of Topliss-reactive ketones (excluding diaryl/α,β-unsaturated/α-hetero) is 1. The number of hydrogen-bond donors (Lipinski definition) is 0. The number of rotatable bonds is 7. The number of aromatic nitrogens is 1. The fourth-order valence-electron chi connectivity index (χ4n) is 2.31. The first-order valence-electron chi connectivity index (χ1n) is 6.84. The van der Waals surface area contributed by atoms with Gasteiger partial charge in [-0.3, -0.25) is 4.79 Å². The number of alkyl halides is 1. The van der Waals surface area contributed by atoms with Gasteiger partial charge in [0.1, 0.15) is 0 Å². The third-order valence-electron chi connectivity index (χ3n) is 3.44. The highest BCUT2D eigenvalue weighted by atomic mass is 35.5. The Bertz CT molecular complexity index is 407. The maximum atomic E-state index is 12.0. The Labute approximate surface area is 115 Å². The van der Waals surface area contributed by atoms with Crippen molar-refractivity contribution in [2.24, 2.45) is 0 Å². The molecule has 102 valence electrons. The summed E-state index contributed by atoms with van der Waals surface area (Å²) in [5.41, 5.74) is 3.00. The van der Waals surface area contributed by atoms with Crippen LogP contribution in [0.2, 0.25) is 0 Å². The van der Waals surface area contributed by atoms with Crippen LogP contribution in [0.1, 0.15) is 61.3 Å². The second-order valence-corrected chi connectivity index (χ2v) is 5.63. The Balaban J connectivity index is 2.78. The number of nitrogens with zero attached hydrogens (tertiary/aromatic N) is 1. The van der Waals surface area contributed by atoms with E-state index >= 15 is 0 Å². The minimum atomic E-state index is -0.445. The minimum absolute atomic E-state index is 0.0320. The van der Waals surface area contributed by atoms with Gasteiger partial charge in [-0.15, -0.1) is 11.6 Å². The molecule has 1 atom stereocenters. The molecule has 18 heavy (non-hydrogen) atoms. The third kappa shape index (κ3) is 3.61. The molecule has 0 spiro atoms. The Morgan fingerprint density at radius 2 is 2.00 bits per heavy atom. The van der Waals surface area contributed by atoms with Crippen LogP contribution < -0.4 is 0 Å². The number of halogens is 1. The van der Waals surface area contributed by atoms with Gasteiger partial charge >= 0.3 is 0 Å². The van der Waals surface area contributed by atoms with Gasteiger partial charge in [-0.1, -0.05) is 26.2 Å². The number of carbonyl (C=O) groups excluding carboxylic acids is 1. The van der Waals surface area contributed by atoms with Gasteiger partial charge < -0.3 is 4.57 Å². The number of aryl methyl sites for hydroxylation is 1. The average Bonchev–Trinajstić information content (AvgIpc) is 2.60. The number of unbranched alkanes of at least 4 members (excludes halogenated alkanes) is 3. The fraction of sp³-hybridized carbons (Fsp3) is 0.667. The SMILES string of the molecule is CCCCCCn1c(C)cc(C(=O)C(C)Cl)c1C. The van der Waals surface area contributed by atoms with E-state index in [1.54, 1.807) is 6.92 Å². The second-order valence-electron chi connectivity index (χ2n) is 4.98. The van der Waals surface area contributed by atoms with Crippen LogP contribution in [0.4, 0.5) is 0 Å². The quantitative estimate of drug-likeness (QED) is 0.406. The van der Waals surface area contributed by atoms with Gasteiger partial charge in [-0.25, -0.2) is 0 Å². The molecule has 0 aliphatic rings. The smallest absolute Gasteiger partial charge is 0.182 e. The highest BCUT2D eigenvalue weighted by Crippen LogP contribution is 2.19. The number of ketones is 1. The molecule has 1 aromatic heterocycles. The second kappa shape index (κ2) is 6.98. The largest absolute Gasteiger partial charge is 0.348 e. The Morgan fingerprint density at radius 3 is 2.56 bits per heavy atom. The molecule has 1 heterocycles. The highest BCUT2D eigenvalue weighted by molar-refractivity contribution is 6.33. The summed E-state index contributed by atoms with van der Waals surface area (Å²) < 4.78 is 2.24. The molecule has 1 aromatic rings. The number of hydrogen-bond acceptors (Lipinski definition) is 1. The van der Waals surface area contributed by atoms with E-state index in [1.807, 2.05) is 13.0 Å². The molecule has 0 amide bonds. The average molecular weight is 270 g/mol. The molecule has 0 aliphatic heterocycles. The van der Waals surface area contributed by atoms with E-state index in [0.29, 0.717) is 0 Å². The molecule has 0 N–H and O–H groups in total. The van der Waals surface area contributed by atoms with E-state index in [-0.39, 0.29) is 5.78 Å². The summed E-state index contributed by atoms with van der Waals surface area (Å²) in [5, 5.41) is -0.445. The van der Waals surface area contributed by atoms with E-state index in [9.17, 15) is 4.79 Å². The summed E-state index contributed by atoms with van der Waals surface area (Å²) in [4.78, 5) is 12.0. The highest BCUT2D eigenvalue weighted by Gasteiger charge is 2.18. The van der Waals surface area contributed by atoms with Crippen molar-refractivity contribution in [2.75, 3.05) is 0 Å². The van der Waals surface area contributed by atoms with Crippen LogP contribution in [0.25, 0.3) is 0 Å². The van der Waals surface area contributed by atoms with E-state index in [0.717, 1.165) is 23.5 Å². The van der Waals surface area contributed by atoms with Crippen LogP contribution in [-0.2, 0) is 6.54 Å². The van der Waals surface area contributed by atoms with E-state index < -0.39 is 5.38 Å². The lowest BCUT2D eigenvalue weighted by atomic mass is 10.1. The summed E-state index contributed by atoms with van der Waals surface area (Å²) in [6, 6.07) is 1.97. The van der Waals surface area contributed by atoms with Crippen molar-refractivity contribution in [3.63, 3.8) is 0 Å².